The molecule has 0 spiro atoms. The molecule has 0 radical (unpaired) electrons. The molecule has 0 aliphatic rings. The van der Waals surface area contributed by atoms with Gasteiger partial charge in [-0.05, 0) is 19.9 Å². The van der Waals surface area contributed by atoms with Crippen molar-refractivity contribution in [1.82, 2.24) is 9.55 Å². The van der Waals surface area contributed by atoms with Gasteiger partial charge < -0.3 is 10.3 Å². The zero-order chi connectivity index (χ0) is 15.7. The first-order chi connectivity index (χ1) is 10.6. The summed E-state index contributed by atoms with van der Waals surface area (Å²) in [7, 11) is 0. The average Bonchev–Trinajstić information content (AvgIpc) is 2.90. The zero-order valence-electron chi connectivity index (χ0n) is 12.5. The SMILES string of the molecule is CC(C)n1cc(-c2sc(N)nc2-c2ccccc2)ccc1=O. The molecular formula is C17H17N3OS. The molecule has 4 nitrogen and oxygen atoms in total. The normalized spacial score (nSPS) is 11.0. The Morgan fingerprint density at radius 1 is 1.09 bits per heavy atom. The number of hydrogen-bond acceptors (Lipinski definition) is 4. The Morgan fingerprint density at radius 3 is 2.50 bits per heavy atom. The first kappa shape index (κ1) is 14.5. The van der Waals surface area contributed by atoms with Crippen LogP contribution in [0.3, 0.4) is 0 Å². The van der Waals surface area contributed by atoms with Crippen molar-refractivity contribution in [2.75, 3.05) is 5.73 Å². The van der Waals surface area contributed by atoms with Gasteiger partial charge in [0.1, 0.15) is 0 Å². The van der Waals surface area contributed by atoms with Crippen molar-refractivity contribution >= 4 is 16.5 Å². The third-order valence-corrected chi connectivity index (χ3v) is 4.38. The minimum Gasteiger partial charge on any atom is -0.375 e. The molecule has 5 heteroatoms. The fourth-order valence-electron chi connectivity index (χ4n) is 2.37. The smallest absolute Gasteiger partial charge is 0.250 e. The predicted octanol–water partition coefficient (Wildman–Crippen LogP) is 3.80. The van der Waals surface area contributed by atoms with Gasteiger partial charge in [-0.15, -0.1) is 0 Å². The molecule has 0 saturated carbocycles. The Bertz CT molecular complexity index is 850. The van der Waals surface area contributed by atoms with E-state index >= 15 is 0 Å². The average molecular weight is 311 g/mol. The Kier molecular flexibility index (Phi) is 3.81. The van der Waals surface area contributed by atoms with Crippen LogP contribution < -0.4 is 11.3 Å². The largest absolute Gasteiger partial charge is 0.375 e. The Morgan fingerprint density at radius 2 is 1.82 bits per heavy atom. The highest BCUT2D eigenvalue weighted by atomic mass is 32.1. The molecule has 0 unspecified atom stereocenters. The maximum Gasteiger partial charge on any atom is 0.250 e. The number of nitrogen functional groups attached to an aromatic ring is 1. The number of rotatable bonds is 3. The first-order valence-corrected chi connectivity index (χ1v) is 7.92. The van der Waals surface area contributed by atoms with Crippen molar-refractivity contribution in [3.8, 4) is 21.7 Å². The molecule has 22 heavy (non-hydrogen) atoms. The third-order valence-electron chi connectivity index (χ3n) is 3.45. The van der Waals surface area contributed by atoms with Gasteiger partial charge >= 0.3 is 0 Å². The van der Waals surface area contributed by atoms with Crippen molar-refractivity contribution < 1.29 is 0 Å². The van der Waals surface area contributed by atoms with Crippen LogP contribution in [0.25, 0.3) is 21.7 Å². The second-order valence-electron chi connectivity index (χ2n) is 5.35. The molecule has 2 N–H and O–H groups in total. The molecular weight excluding hydrogens is 294 g/mol. The van der Waals surface area contributed by atoms with Gasteiger partial charge in [-0.2, -0.15) is 0 Å². The van der Waals surface area contributed by atoms with Crippen LogP contribution >= 0.6 is 11.3 Å². The summed E-state index contributed by atoms with van der Waals surface area (Å²) in [5, 5.41) is 0.524. The van der Waals surface area contributed by atoms with E-state index in [-0.39, 0.29) is 11.6 Å². The quantitative estimate of drug-likeness (QED) is 0.800. The lowest BCUT2D eigenvalue weighted by atomic mass is 10.1. The maximum atomic E-state index is 11.9. The summed E-state index contributed by atoms with van der Waals surface area (Å²) in [4.78, 5) is 17.4. The zero-order valence-corrected chi connectivity index (χ0v) is 13.3. The number of thiazole rings is 1. The molecule has 112 valence electrons. The predicted molar refractivity (Wildman–Crippen MR) is 92.0 cm³/mol. The van der Waals surface area contributed by atoms with Gasteiger partial charge in [0.05, 0.1) is 10.6 Å². The molecule has 0 aliphatic heterocycles. The van der Waals surface area contributed by atoms with Gasteiger partial charge in [-0.25, -0.2) is 4.98 Å². The van der Waals surface area contributed by atoms with E-state index in [4.69, 9.17) is 5.73 Å². The standard InChI is InChI=1S/C17H17N3OS/c1-11(2)20-10-13(8-9-14(20)21)16-15(19-17(18)22-16)12-6-4-3-5-7-12/h3-11H,1-2H3,(H2,18,19). The highest BCUT2D eigenvalue weighted by molar-refractivity contribution is 7.19. The van der Waals surface area contributed by atoms with E-state index in [1.165, 1.54) is 11.3 Å². The van der Waals surface area contributed by atoms with Gasteiger partial charge in [0.2, 0.25) is 0 Å². The molecule has 0 amide bonds. The number of hydrogen-bond donors (Lipinski definition) is 1. The highest BCUT2D eigenvalue weighted by Crippen LogP contribution is 2.37. The summed E-state index contributed by atoms with van der Waals surface area (Å²) in [6.45, 7) is 3.98. The molecule has 2 aromatic heterocycles. The number of benzene rings is 1. The molecule has 3 aromatic rings. The lowest BCUT2D eigenvalue weighted by Crippen LogP contribution is -2.20. The molecule has 0 fully saturated rings. The molecule has 0 bridgehead atoms. The van der Waals surface area contributed by atoms with E-state index in [1.807, 2.05) is 56.4 Å². The summed E-state index contributed by atoms with van der Waals surface area (Å²) in [6.07, 6.45) is 1.88. The summed E-state index contributed by atoms with van der Waals surface area (Å²) >= 11 is 1.44. The van der Waals surface area contributed by atoms with E-state index in [0.29, 0.717) is 5.13 Å². The van der Waals surface area contributed by atoms with Crippen LogP contribution in [0.15, 0.2) is 53.5 Å². The Hall–Kier alpha value is -2.40. The van der Waals surface area contributed by atoms with Crippen LogP contribution in [0.5, 0.6) is 0 Å². The van der Waals surface area contributed by atoms with Crippen LogP contribution in [-0.2, 0) is 0 Å². The van der Waals surface area contributed by atoms with Crippen molar-refractivity contribution in [2.45, 2.75) is 19.9 Å². The fraction of sp³-hybridized carbons (Fsp3) is 0.176. The van der Waals surface area contributed by atoms with Crippen LogP contribution in [-0.4, -0.2) is 9.55 Å². The molecule has 0 saturated heterocycles. The van der Waals surface area contributed by atoms with E-state index in [2.05, 4.69) is 4.98 Å². The van der Waals surface area contributed by atoms with E-state index in [0.717, 1.165) is 21.7 Å². The summed E-state index contributed by atoms with van der Waals surface area (Å²) < 4.78 is 1.72. The monoisotopic (exact) mass is 311 g/mol. The van der Waals surface area contributed by atoms with Crippen molar-refractivity contribution in [1.29, 1.82) is 0 Å². The van der Waals surface area contributed by atoms with Crippen molar-refractivity contribution in [3.63, 3.8) is 0 Å². The van der Waals surface area contributed by atoms with Crippen LogP contribution in [0.2, 0.25) is 0 Å². The van der Waals surface area contributed by atoms with E-state index in [1.54, 1.807) is 10.6 Å². The second kappa shape index (κ2) is 5.77. The number of nitrogens with zero attached hydrogens (tertiary/aromatic N) is 2. The van der Waals surface area contributed by atoms with Crippen LogP contribution in [0.4, 0.5) is 5.13 Å². The van der Waals surface area contributed by atoms with Crippen LogP contribution in [0.1, 0.15) is 19.9 Å². The van der Waals surface area contributed by atoms with Gasteiger partial charge in [0.15, 0.2) is 5.13 Å². The Balaban J connectivity index is 2.18. The first-order valence-electron chi connectivity index (χ1n) is 7.10. The summed E-state index contributed by atoms with van der Waals surface area (Å²) in [5.41, 5.74) is 8.76. The lowest BCUT2D eigenvalue weighted by molar-refractivity contribution is 0.579. The minimum absolute atomic E-state index is 0.00232. The molecule has 3 rings (SSSR count). The number of aromatic nitrogens is 2. The van der Waals surface area contributed by atoms with Gasteiger partial charge in [0.25, 0.3) is 5.56 Å². The molecule has 0 atom stereocenters. The van der Waals surface area contributed by atoms with Crippen molar-refractivity contribution in [2.24, 2.45) is 0 Å². The van der Waals surface area contributed by atoms with Gasteiger partial charge in [-0.3, -0.25) is 4.79 Å². The van der Waals surface area contributed by atoms with Crippen molar-refractivity contribution in [3.05, 3.63) is 59.0 Å². The third kappa shape index (κ3) is 2.67. The molecule has 2 heterocycles. The topological polar surface area (TPSA) is 60.9 Å². The summed E-state index contributed by atoms with van der Waals surface area (Å²) in [5.74, 6) is 0. The second-order valence-corrected chi connectivity index (χ2v) is 6.38. The molecule has 0 aliphatic carbocycles. The van der Waals surface area contributed by atoms with E-state index < -0.39 is 0 Å². The minimum atomic E-state index is -0.00232. The van der Waals surface area contributed by atoms with Gasteiger partial charge in [-0.1, -0.05) is 41.7 Å². The van der Waals surface area contributed by atoms with E-state index in [9.17, 15) is 4.79 Å². The van der Waals surface area contributed by atoms with Crippen LogP contribution in [0, 0.1) is 0 Å². The summed E-state index contributed by atoms with van der Waals surface area (Å²) in [6, 6.07) is 13.5. The number of anilines is 1. The fourth-order valence-corrected chi connectivity index (χ4v) is 3.21. The lowest BCUT2D eigenvalue weighted by Gasteiger charge is -2.11. The Labute approximate surface area is 132 Å². The maximum absolute atomic E-state index is 11.9. The van der Waals surface area contributed by atoms with Gasteiger partial charge in [0, 0.05) is 29.4 Å². The highest BCUT2D eigenvalue weighted by Gasteiger charge is 2.15. The molecule has 1 aromatic carbocycles. The number of nitrogens with two attached hydrogens (primary N) is 1. The number of pyridine rings is 1.